The summed E-state index contributed by atoms with van der Waals surface area (Å²) in [5, 5.41) is 8.10. The number of fused-ring (bicyclic) bond motifs is 3. The number of piperidine rings is 1. The summed E-state index contributed by atoms with van der Waals surface area (Å²) in [5.41, 5.74) is 2.83. The van der Waals surface area contributed by atoms with E-state index >= 15 is 0 Å². The number of benzene rings is 1. The van der Waals surface area contributed by atoms with Crippen molar-refractivity contribution in [1.82, 2.24) is 34.5 Å². The highest BCUT2D eigenvalue weighted by molar-refractivity contribution is 9.10. The van der Waals surface area contributed by atoms with Crippen LogP contribution in [-0.2, 0) is 29.2 Å². The number of carbonyl (C=O) groups is 3. The lowest BCUT2D eigenvalue weighted by molar-refractivity contribution is -0.138. The number of pyridine rings is 1. The molecule has 266 valence electrons. The number of anilines is 1. The lowest BCUT2D eigenvalue weighted by Crippen LogP contribution is -2.47. The number of hydrogen-bond donors (Lipinski definition) is 1. The van der Waals surface area contributed by atoms with Gasteiger partial charge < -0.3 is 15.1 Å². The van der Waals surface area contributed by atoms with Gasteiger partial charge in [-0.25, -0.2) is 19.3 Å². The lowest BCUT2D eigenvalue weighted by atomic mass is 9.98. The van der Waals surface area contributed by atoms with Crippen molar-refractivity contribution in [1.29, 1.82) is 0 Å². The maximum Gasteiger partial charge on any atom is 0.248 e. The first-order valence-corrected chi connectivity index (χ1v) is 18.4. The van der Waals surface area contributed by atoms with Crippen LogP contribution in [-0.4, -0.2) is 84.4 Å². The van der Waals surface area contributed by atoms with Crippen molar-refractivity contribution in [2.45, 2.75) is 84.1 Å². The minimum absolute atomic E-state index is 0.122. The number of nitrogens with zero attached hydrogens (tertiary/aromatic N) is 7. The number of ketones is 1. The molecule has 51 heavy (non-hydrogen) atoms. The predicted octanol–water partition coefficient (Wildman–Crippen LogP) is 6.23. The number of hydrogen-bond acceptors (Lipinski definition) is 8. The molecule has 3 aromatic heterocycles. The third-order valence-corrected chi connectivity index (χ3v) is 10.9. The number of aromatic nitrogens is 5. The maximum atomic E-state index is 14.8. The number of allylic oxidation sites excluding steroid dienone is 2. The highest BCUT2D eigenvalue weighted by Crippen LogP contribution is 2.60. The zero-order valence-electron chi connectivity index (χ0n) is 29.2. The number of carbonyl (C=O) groups excluding carboxylic acids is 3. The summed E-state index contributed by atoms with van der Waals surface area (Å²) in [4.78, 5) is 58.7. The fraction of sp³-hybridized carbons (Fsp3) is 0.447. The molecule has 2 fully saturated rings. The molecule has 1 spiro atoms. The van der Waals surface area contributed by atoms with Gasteiger partial charge in [0.2, 0.25) is 11.8 Å². The monoisotopic (exact) mass is 756 g/mol. The molecule has 1 aliphatic carbocycles. The summed E-state index contributed by atoms with van der Waals surface area (Å²) in [6.07, 6.45) is 13.9. The molecule has 2 bridgehead atoms. The lowest BCUT2D eigenvalue weighted by Gasteiger charge is -2.27. The van der Waals surface area contributed by atoms with Crippen LogP contribution in [0.15, 0.2) is 53.4 Å². The Morgan fingerprint density at radius 1 is 1.08 bits per heavy atom. The summed E-state index contributed by atoms with van der Waals surface area (Å²) in [6.45, 7) is 3.83. The molecule has 0 unspecified atom stereocenters. The molecule has 0 radical (unpaired) electrons. The van der Waals surface area contributed by atoms with E-state index in [-0.39, 0.29) is 41.3 Å². The maximum absolute atomic E-state index is 14.8. The van der Waals surface area contributed by atoms with Crippen LogP contribution in [0, 0.1) is 12.3 Å². The van der Waals surface area contributed by atoms with Crippen molar-refractivity contribution >= 4 is 50.2 Å². The van der Waals surface area contributed by atoms with Gasteiger partial charge in [-0.15, -0.1) is 0 Å². The van der Waals surface area contributed by atoms with Crippen molar-refractivity contribution in [3.05, 3.63) is 76.1 Å². The average Bonchev–Trinajstić information content (AvgIpc) is 3.49. The van der Waals surface area contributed by atoms with Crippen molar-refractivity contribution in [2.24, 2.45) is 5.41 Å². The number of alkyl halides is 1. The van der Waals surface area contributed by atoms with Gasteiger partial charge in [-0.1, -0.05) is 24.6 Å². The highest BCUT2D eigenvalue weighted by Gasteiger charge is 2.67. The molecule has 5 heterocycles. The van der Waals surface area contributed by atoms with E-state index in [0.29, 0.717) is 56.7 Å². The Balaban J connectivity index is 1.23. The minimum atomic E-state index is -0.835. The van der Waals surface area contributed by atoms with Gasteiger partial charge in [0.1, 0.15) is 41.2 Å². The summed E-state index contributed by atoms with van der Waals surface area (Å²) in [7, 11) is 2.12. The van der Waals surface area contributed by atoms with Crippen molar-refractivity contribution in [2.75, 3.05) is 25.5 Å². The molecule has 2 amide bonds. The van der Waals surface area contributed by atoms with Gasteiger partial charge in [0.25, 0.3) is 0 Å². The number of Topliss-reactive ketones (excluding diaryl/α,β-unsaturated/α-hetero) is 1. The molecule has 1 aromatic carbocycles. The Kier molecular flexibility index (Phi) is 9.86. The fourth-order valence-corrected chi connectivity index (χ4v) is 8.25. The smallest absolute Gasteiger partial charge is 0.248 e. The topological polar surface area (TPSA) is 126 Å². The van der Waals surface area contributed by atoms with Gasteiger partial charge in [0, 0.05) is 53.8 Å². The minimum Gasteiger partial charge on any atom is -0.325 e. The number of likely N-dealkylation sites (tertiary alicyclic amines) is 1. The molecule has 1 N–H and O–H groups in total. The Morgan fingerprint density at radius 2 is 1.88 bits per heavy atom. The van der Waals surface area contributed by atoms with E-state index in [9.17, 15) is 18.8 Å². The molecule has 2 aliphatic heterocycles. The summed E-state index contributed by atoms with van der Waals surface area (Å²) >= 11 is 3.45. The number of rotatable bonds is 5. The number of halogens is 2. The molecule has 7 rings (SSSR count). The van der Waals surface area contributed by atoms with Gasteiger partial charge in [0.05, 0.1) is 5.52 Å². The third-order valence-electron chi connectivity index (χ3n) is 10.5. The SMILES string of the molecule is CC(=O)c1nn(CC(=O)N2[C@H]3C[C@]4(C[C@@H]24)CN(C)CCCCC/C=C\Cc2ccc(Br)nc2NC3=O)c2c(CF)cc(-c3cnc(C)nc3)cc12. The zero-order valence-corrected chi connectivity index (χ0v) is 30.7. The van der Waals surface area contributed by atoms with Crippen LogP contribution in [0.5, 0.6) is 0 Å². The van der Waals surface area contributed by atoms with Gasteiger partial charge in [-0.05, 0) is 104 Å². The summed E-state index contributed by atoms with van der Waals surface area (Å²) in [6, 6.07) is 6.42. The molecule has 4 aromatic rings. The van der Waals surface area contributed by atoms with Crippen molar-refractivity contribution in [3.8, 4) is 11.1 Å². The molecule has 1 saturated carbocycles. The second-order valence-corrected chi connectivity index (χ2v) is 15.1. The van der Waals surface area contributed by atoms with E-state index in [0.717, 1.165) is 50.8 Å². The van der Waals surface area contributed by atoms with Crippen LogP contribution in [0.3, 0.4) is 0 Å². The van der Waals surface area contributed by atoms with Crippen LogP contribution in [0.25, 0.3) is 22.0 Å². The molecule has 13 heteroatoms. The summed E-state index contributed by atoms with van der Waals surface area (Å²) in [5.74, 6) is 0.174. The van der Waals surface area contributed by atoms with E-state index in [1.807, 2.05) is 12.1 Å². The summed E-state index contributed by atoms with van der Waals surface area (Å²) < 4.78 is 16.8. The van der Waals surface area contributed by atoms with Crippen LogP contribution in [0.4, 0.5) is 10.2 Å². The normalized spacial score (nSPS) is 23.3. The van der Waals surface area contributed by atoms with Crippen LogP contribution >= 0.6 is 15.9 Å². The Bertz CT molecular complexity index is 2030. The van der Waals surface area contributed by atoms with E-state index in [4.69, 9.17) is 0 Å². The van der Waals surface area contributed by atoms with E-state index in [2.05, 4.69) is 65.4 Å². The molecule has 11 nitrogen and oxygen atoms in total. The molecular weight excluding hydrogens is 715 g/mol. The number of amides is 2. The Hall–Kier alpha value is -4.36. The fourth-order valence-electron chi connectivity index (χ4n) is 7.94. The zero-order chi connectivity index (χ0) is 35.9. The van der Waals surface area contributed by atoms with Gasteiger partial charge in [0.15, 0.2) is 5.78 Å². The van der Waals surface area contributed by atoms with Crippen LogP contribution in [0.1, 0.15) is 72.9 Å². The van der Waals surface area contributed by atoms with Crippen molar-refractivity contribution < 1.29 is 18.8 Å². The van der Waals surface area contributed by atoms with Gasteiger partial charge in [-0.2, -0.15) is 5.10 Å². The molecular formula is C38H42BrFN8O3. The standard InChI is InChI=1S/C38H42BrFN8O3/c1-23(49)34-29-15-26(28-19-41-24(2)42-20-28)14-27(18-40)35(29)47(45-34)21-33(50)48-30-16-38(17-31(38)48)22-46(3)13-9-7-5-4-6-8-10-25-11-12-32(39)43-36(25)44-37(30)51/h6,8,11-12,14-15,19-20,30-31H,4-5,7,9-10,13,16-18,21-22H2,1-3H3,(H,43,44,51)/b8-6-/t30-,31+,38-/m0/s1. The van der Waals surface area contributed by atoms with Crippen molar-refractivity contribution in [3.63, 3.8) is 0 Å². The Morgan fingerprint density at radius 3 is 2.65 bits per heavy atom. The molecule has 1 saturated heterocycles. The Labute approximate surface area is 304 Å². The quantitative estimate of drug-likeness (QED) is 0.144. The van der Waals surface area contributed by atoms with Crippen LogP contribution < -0.4 is 5.32 Å². The average molecular weight is 758 g/mol. The molecule has 3 aliphatic rings. The first-order valence-electron chi connectivity index (χ1n) is 17.6. The van der Waals surface area contributed by atoms with E-state index in [1.165, 1.54) is 11.6 Å². The van der Waals surface area contributed by atoms with Crippen LogP contribution in [0.2, 0.25) is 0 Å². The first kappa shape index (κ1) is 35.1. The van der Waals surface area contributed by atoms with E-state index in [1.54, 1.807) is 36.4 Å². The second kappa shape index (κ2) is 14.3. The number of nitrogens with one attached hydrogen (secondary N) is 1. The van der Waals surface area contributed by atoms with Gasteiger partial charge >= 0.3 is 0 Å². The molecule has 3 atom stereocenters. The second-order valence-electron chi connectivity index (χ2n) is 14.2. The third kappa shape index (κ3) is 7.10. The highest BCUT2D eigenvalue weighted by atomic mass is 79.9. The van der Waals surface area contributed by atoms with Gasteiger partial charge in [-0.3, -0.25) is 19.1 Å². The predicted molar refractivity (Wildman–Crippen MR) is 196 cm³/mol. The largest absolute Gasteiger partial charge is 0.325 e. The first-order chi connectivity index (χ1) is 24.6. The number of aryl methyl sites for hydroxylation is 1. The van der Waals surface area contributed by atoms with E-state index < -0.39 is 12.7 Å².